The SMILES string of the molecule is CCOC(=O)N1CCC(N[C@H]2CS(=O)(=O)C[C@@H]2S(=O)(=O)c2ccc(C(C)(C)C)cc2)CC1. The second kappa shape index (κ2) is 9.30. The minimum absolute atomic E-state index is 0.0556. The van der Waals surface area contributed by atoms with E-state index in [0.717, 1.165) is 5.56 Å². The Bertz CT molecular complexity index is 1020. The fraction of sp³-hybridized carbons (Fsp3) is 0.682. The fourth-order valence-electron chi connectivity index (χ4n) is 4.34. The number of piperidine rings is 1. The van der Waals surface area contributed by atoms with E-state index >= 15 is 0 Å². The van der Waals surface area contributed by atoms with Crippen LogP contribution < -0.4 is 5.32 Å². The van der Waals surface area contributed by atoms with Crippen LogP contribution in [0.2, 0.25) is 0 Å². The van der Waals surface area contributed by atoms with Crippen LogP contribution in [0.4, 0.5) is 4.79 Å². The molecular formula is C22H34N2O6S2. The molecule has 8 nitrogen and oxygen atoms in total. The van der Waals surface area contributed by atoms with Gasteiger partial charge in [-0.25, -0.2) is 21.6 Å². The molecular weight excluding hydrogens is 452 g/mol. The van der Waals surface area contributed by atoms with Crippen LogP contribution in [0.1, 0.15) is 46.1 Å². The van der Waals surface area contributed by atoms with Gasteiger partial charge in [0, 0.05) is 25.2 Å². The van der Waals surface area contributed by atoms with Gasteiger partial charge in [-0.05, 0) is 42.9 Å². The van der Waals surface area contributed by atoms with E-state index in [1.165, 1.54) is 0 Å². The van der Waals surface area contributed by atoms with E-state index in [9.17, 15) is 21.6 Å². The van der Waals surface area contributed by atoms with Crippen LogP contribution in [0, 0.1) is 0 Å². The largest absolute Gasteiger partial charge is 0.450 e. The number of ether oxygens (including phenoxy) is 1. The number of hydrogen-bond acceptors (Lipinski definition) is 7. The fourth-order valence-corrected chi connectivity index (χ4v) is 9.02. The van der Waals surface area contributed by atoms with E-state index in [-0.39, 0.29) is 34.0 Å². The van der Waals surface area contributed by atoms with Crippen molar-refractivity contribution in [1.29, 1.82) is 0 Å². The Hall–Kier alpha value is -1.65. The molecule has 1 aromatic carbocycles. The Morgan fingerprint density at radius 3 is 2.25 bits per heavy atom. The molecule has 2 saturated heterocycles. The molecule has 1 N–H and O–H groups in total. The van der Waals surface area contributed by atoms with Gasteiger partial charge in [0.15, 0.2) is 19.7 Å². The summed E-state index contributed by atoms with van der Waals surface area (Å²) in [5, 5.41) is 2.26. The van der Waals surface area contributed by atoms with E-state index in [2.05, 4.69) is 5.32 Å². The summed E-state index contributed by atoms with van der Waals surface area (Å²) in [6, 6.07) is 6.02. The number of likely N-dealkylation sites (tertiary alicyclic amines) is 1. The van der Waals surface area contributed by atoms with Crippen molar-refractivity contribution in [2.24, 2.45) is 0 Å². The number of sulfone groups is 2. The summed E-state index contributed by atoms with van der Waals surface area (Å²) in [5.41, 5.74) is 0.903. The van der Waals surface area contributed by atoms with E-state index in [0.29, 0.717) is 32.5 Å². The van der Waals surface area contributed by atoms with Crippen LogP contribution in [-0.2, 0) is 29.8 Å². The van der Waals surface area contributed by atoms with Crippen molar-refractivity contribution < 1.29 is 26.4 Å². The normalized spacial score (nSPS) is 24.4. The van der Waals surface area contributed by atoms with Gasteiger partial charge in [-0.1, -0.05) is 32.9 Å². The number of amides is 1. The maximum Gasteiger partial charge on any atom is 0.409 e. The van der Waals surface area contributed by atoms with Crippen LogP contribution in [-0.4, -0.2) is 76.4 Å². The van der Waals surface area contributed by atoms with Crippen LogP contribution in [0.15, 0.2) is 29.2 Å². The van der Waals surface area contributed by atoms with Gasteiger partial charge in [-0.15, -0.1) is 0 Å². The molecule has 3 rings (SSSR count). The summed E-state index contributed by atoms with van der Waals surface area (Å²) in [7, 11) is -7.31. The lowest BCUT2D eigenvalue weighted by Crippen LogP contribution is -2.52. The molecule has 0 aromatic heterocycles. The first-order valence-electron chi connectivity index (χ1n) is 11.1. The Morgan fingerprint density at radius 2 is 1.72 bits per heavy atom. The van der Waals surface area contributed by atoms with Gasteiger partial charge < -0.3 is 15.0 Å². The van der Waals surface area contributed by atoms with Gasteiger partial charge >= 0.3 is 6.09 Å². The zero-order valence-electron chi connectivity index (χ0n) is 19.2. The lowest BCUT2D eigenvalue weighted by atomic mass is 9.87. The quantitative estimate of drug-likeness (QED) is 0.679. The molecule has 0 saturated carbocycles. The summed E-state index contributed by atoms with van der Waals surface area (Å²) < 4.78 is 56.6. The topological polar surface area (TPSA) is 110 Å². The molecule has 180 valence electrons. The number of rotatable bonds is 5. The minimum Gasteiger partial charge on any atom is -0.450 e. The van der Waals surface area contributed by atoms with Crippen molar-refractivity contribution in [3.05, 3.63) is 29.8 Å². The summed E-state index contributed by atoms with van der Waals surface area (Å²) in [6.07, 6.45) is 0.874. The number of nitrogens with one attached hydrogen (secondary N) is 1. The third-order valence-electron chi connectivity index (χ3n) is 6.22. The number of carbonyl (C=O) groups excluding carboxylic acids is 1. The Labute approximate surface area is 191 Å². The van der Waals surface area contributed by atoms with Gasteiger partial charge in [0.2, 0.25) is 0 Å². The molecule has 32 heavy (non-hydrogen) atoms. The second-order valence-electron chi connectivity index (χ2n) is 9.67. The van der Waals surface area contributed by atoms with Crippen LogP contribution in [0.5, 0.6) is 0 Å². The second-order valence-corrected chi connectivity index (χ2v) is 14.0. The van der Waals surface area contributed by atoms with Gasteiger partial charge in [0.05, 0.1) is 28.3 Å². The number of carbonyl (C=O) groups is 1. The predicted octanol–water partition coefficient (Wildman–Crippen LogP) is 2.13. The zero-order chi connectivity index (χ0) is 23.7. The lowest BCUT2D eigenvalue weighted by molar-refractivity contribution is 0.0945. The molecule has 2 heterocycles. The van der Waals surface area contributed by atoms with Crippen molar-refractivity contribution in [2.75, 3.05) is 31.2 Å². The summed E-state index contributed by atoms with van der Waals surface area (Å²) >= 11 is 0. The molecule has 2 aliphatic heterocycles. The third kappa shape index (κ3) is 5.63. The van der Waals surface area contributed by atoms with Gasteiger partial charge in [0.1, 0.15) is 0 Å². The van der Waals surface area contributed by atoms with Gasteiger partial charge in [-0.3, -0.25) is 0 Å². The Morgan fingerprint density at radius 1 is 1.12 bits per heavy atom. The van der Waals surface area contributed by atoms with Crippen molar-refractivity contribution in [2.45, 2.75) is 68.2 Å². The molecule has 2 atom stereocenters. The number of nitrogens with zero attached hydrogens (tertiary/aromatic N) is 1. The average Bonchev–Trinajstić information content (AvgIpc) is 3.03. The standard InChI is InChI=1S/C22H34N2O6S2/c1-5-30-21(25)24-12-10-17(11-13-24)23-19-14-31(26,27)15-20(19)32(28,29)18-8-6-16(7-9-18)22(2,3)4/h6-9,17,19-20,23H,5,10-15H2,1-4H3/t19-,20-/m0/s1. The van der Waals surface area contributed by atoms with Gasteiger partial charge in [0.25, 0.3) is 0 Å². The summed E-state index contributed by atoms with van der Waals surface area (Å²) in [5.74, 6) is -0.579. The highest BCUT2D eigenvalue weighted by molar-refractivity contribution is 7.96. The lowest BCUT2D eigenvalue weighted by Gasteiger charge is -2.34. The van der Waals surface area contributed by atoms with Crippen LogP contribution in [0.25, 0.3) is 0 Å². The van der Waals surface area contributed by atoms with Gasteiger partial charge in [-0.2, -0.15) is 0 Å². The molecule has 0 bridgehead atoms. The van der Waals surface area contributed by atoms with Crippen LogP contribution in [0.3, 0.4) is 0 Å². The van der Waals surface area contributed by atoms with E-state index in [1.807, 2.05) is 20.8 Å². The highest BCUT2D eigenvalue weighted by atomic mass is 32.2. The van der Waals surface area contributed by atoms with Crippen molar-refractivity contribution in [1.82, 2.24) is 10.2 Å². The maximum absolute atomic E-state index is 13.4. The zero-order valence-corrected chi connectivity index (χ0v) is 20.8. The molecule has 2 aliphatic rings. The molecule has 10 heteroatoms. The highest BCUT2D eigenvalue weighted by Gasteiger charge is 2.46. The minimum atomic E-state index is -3.83. The molecule has 2 fully saturated rings. The molecule has 0 aliphatic carbocycles. The first-order chi connectivity index (χ1) is 14.8. The highest BCUT2D eigenvalue weighted by Crippen LogP contribution is 2.29. The van der Waals surface area contributed by atoms with Crippen molar-refractivity contribution >= 4 is 25.8 Å². The first kappa shape index (κ1) is 25.0. The van der Waals surface area contributed by atoms with Crippen molar-refractivity contribution in [3.63, 3.8) is 0 Å². The van der Waals surface area contributed by atoms with E-state index < -0.39 is 31.0 Å². The average molecular weight is 487 g/mol. The Kier molecular flexibility index (Phi) is 7.26. The van der Waals surface area contributed by atoms with E-state index in [4.69, 9.17) is 4.74 Å². The summed E-state index contributed by atoms with van der Waals surface area (Å²) in [6.45, 7) is 9.19. The van der Waals surface area contributed by atoms with Crippen LogP contribution >= 0.6 is 0 Å². The molecule has 0 unspecified atom stereocenters. The molecule has 1 amide bonds. The molecule has 1 aromatic rings. The molecule has 0 radical (unpaired) electrons. The third-order valence-corrected chi connectivity index (χ3v) is 10.4. The summed E-state index contributed by atoms with van der Waals surface area (Å²) in [4.78, 5) is 13.7. The first-order valence-corrected chi connectivity index (χ1v) is 14.4. The maximum atomic E-state index is 13.4. The smallest absolute Gasteiger partial charge is 0.409 e. The van der Waals surface area contributed by atoms with Crippen molar-refractivity contribution in [3.8, 4) is 0 Å². The number of benzene rings is 1. The number of hydrogen-bond donors (Lipinski definition) is 1. The Balaban J connectivity index is 1.73. The monoisotopic (exact) mass is 486 g/mol. The predicted molar refractivity (Wildman–Crippen MR) is 123 cm³/mol. The van der Waals surface area contributed by atoms with E-state index in [1.54, 1.807) is 36.1 Å². The molecule has 0 spiro atoms.